The lowest BCUT2D eigenvalue weighted by atomic mass is 10.1. The van der Waals surface area contributed by atoms with Crippen LogP contribution in [-0.2, 0) is 6.61 Å². The molecule has 0 radical (unpaired) electrons. The molecule has 0 amide bonds. The van der Waals surface area contributed by atoms with Crippen molar-refractivity contribution >= 4 is 12.3 Å². The van der Waals surface area contributed by atoms with Crippen LogP contribution < -0.4 is 0 Å². The van der Waals surface area contributed by atoms with Crippen molar-refractivity contribution in [1.29, 1.82) is 0 Å². The number of benzene rings is 1. The molecule has 2 aromatic rings. The zero-order valence-electron chi connectivity index (χ0n) is 9.78. The Morgan fingerprint density at radius 2 is 2.00 bits per heavy atom. The zero-order valence-corrected chi connectivity index (χ0v) is 9.78. The highest BCUT2D eigenvalue weighted by molar-refractivity contribution is 5.91. The van der Waals surface area contributed by atoms with Crippen LogP contribution >= 0.6 is 0 Å². The van der Waals surface area contributed by atoms with Gasteiger partial charge in [0, 0.05) is 11.4 Å². The molecule has 1 aromatic heterocycles. The first-order valence-corrected chi connectivity index (χ1v) is 5.42. The molecule has 0 spiro atoms. The Labute approximate surface area is 108 Å². The van der Waals surface area contributed by atoms with Gasteiger partial charge in [-0.3, -0.25) is 4.79 Å². The number of phenols is 1. The molecule has 0 bridgehead atoms. The fourth-order valence-electron chi connectivity index (χ4n) is 1.86. The van der Waals surface area contributed by atoms with E-state index in [2.05, 4.69) is 0 Å². The second kappa shape index (κ2) is 4.95. The molecule has 0 aliphatic rings. The number of aldehydes is 1. The molecule has 0 aliphatic carbocycles. The van der Waals surface area contributed by atoms with Gasteiger partial charge in [-0.15, -0.1) is 0 Å². The lowest BCUT2D eigenvalue weighted by molar-refractivity contribution is 0.0693. The summed E-state index contributed by atoms with van der Waals surface area (Å²) in [7, 11) is 0. The van der Waals surface area contributed by atoms with E-state index in [1.807, 2.05) is 0 Å². The summed E-state index contributed by atoms with van der Waals surface area (Å²) in [6.45, 7) is -0.295. The van der Waals surface area contributed by atoms with Crippen molar-refractivity contribution in [3.63, 3.8) is 0 Å². The highest BCUT2D eigenvalue weighted by atomic mass is 16.4. The Hall–Kier alpha value is -2.60. The van der Waals surface area contributed by atoms with Gasteiger partial charge in [0.1, 0.15) is 11.3 Å². The third-order valence-electron chi connectivity index (χ3n) is 2.74. The van der Waals surface area contributed by atoms with Gasteiger partial charge in [-0.1, -0.05) is 0 Å². The first-order valence-electron chi connectivity index (χ1n) is 5.42. The first kappa shape index (κ1) is 12.8. The van der Waals surface area contributed by atoms with Gasteiger partial charge in [0.05, 0.1) is 12.3 Å². The van der Waals surface area contributed by atoms with E-state index in [4.69, 9.17) is 5.11 Å². The van der Waals surface area contributed by atoms with E-state index in [1.165, 1.54) is 28.8 Å². The molecular formula is C13H11NO5. The number of carbonyl (C=O) groups excluding carboxylic acids is 1. The molecule has 1 heterocycles. The Kier molecular flexibility index (Phi) is 3.35. The maximum absolute atomic E-state index is 11.0. The number of aromatic hydroxyl groups is 1. The summed E-state index contributed by atoms with van der Waals surface area (Å²) in [6, 6.07) is 7.02. The van der Waals surface area contributed by atoms with Crippen LogP contribution in [0.15, 0.2) is 30.3 Å². The van der Waals surface area contributed by atoms with Crippen molar-refractivity contribution in [2.75, 3.05) is 0 Å². The summed E-state index contributed by atoms with van der Waals surface area (Å²) in [5, 5.41) is 27.6. The minimum absolute atomic E-state index is 0.271. The maximum atomic E-state index is 11.0. The number of carbonyl (C=O) groups is 2. The van der Waals surface area contributed by atoms with Gasteiger partial charge in [-0.25, -0.2) is 4.79 Å². The van der Waals surface area contributed by atoms with Crippen LogP contribution in [0.1, 0.15) is 26.5 Å². The number of nitrogens with zero attached hydrogens (tertiary/aromatic N) is 1. The van der Waals surface area contributed by atoms with E-state index >= 15 is 0 Å². The van der Waals surface area contributed by atoms with Gasteiger partial charge in [-0.05, 0) is 30.3 Å². The van der Waals surface area contributed by atoms with Gasteiger partial charge in [0.15, 0.2) is 6.29 Å². The lowest BCUT2D eigenvalue weighted by Gasteiger charge is -2.11. The van der Waals surface area contributed by atoms with E-state index in [-0.39, 0.29) is 23.6 Å². The Balaban J connectivity index is 2.65. The minimum atomic E-state index is -1.27. The van der Waals surface area contributed by atoms with Crippen LogP contribution in [0.25, 0.3) is 5.69 Å². The average molecular weight is 261 g/mol. The van der Waals surface area contributed by atoms with Gasteiger partial charge in [-0.2, -0.15) is 0 Å². The fraction of sp³-hybridized carbons (Fsp3) is 0.0769. The number of aliphatic hydroxyl groups excluding tert-OH is 1. The van der Waals surface area contributed by atoms with Crippen molar-refractivity contribution < 1.29 is 24.9 Å². The van der Waals surface area contributed by atoms with E-state index in [1.54, 1.807) is 6.07 Å². The van der Waals surface area contributed by atoms with Crippen molar-refractivity contribution in [2.24, 2.45) is 0 Å². The van der Waals surface area contributed by atoms with Crippen LogP contribution in [-0.4, -0.2) is 32.1 Å². The summed E-state index contributed by atoms with van der Waals surface area (Å²) in [5.41, 5.74) is 0.841. The van der Waals surface area contributed by atoms with Gasteiger partial charge >= 0.3 is 5.97 Å². The van der Waals surface area contributed by atoms with Gasteiger partial charge in [0.2, 0.25) is 0 Å². The molecule has 6 nitrogen and oxygen atoms in total. The van der Waals surface area contributed by atoms with Crippen LogP contribution in [0.3, 0.4) is 0 Å². The van der Waals surface area contributed by atoms with E-state index in [0.717, 1.165) is 0 Å². The van der Waals surface area contributed by atoms with Crippen molar-refractivity contribution in [1.82, 2.24) is 4.57 Å². The Morgan fingerprint density at radius 3 is 2.58 bits per heavy atom. The smallest absolute Gasteiger partial charge is 0.339 e. The minimum Gasteiger partial charge on any atom is -0.507 e. The topological polar surface area (TPSA) is 99.8 Å². The standard InChI is InChI=1S/C13H11NO5/c15-6-9-1-2-10(7-16)14(9)8-3-4-12(17)11(5-8)13(18)19/h1-6,16-17H,7H2,(H,18,19). The van der Waals surface area contributed by atoms with Crippen LogP contribution in [0.5, 0.6) is 5.75 Å². The molecular weight excluding hydrogens is 250 g/mol. The number of hydrogen-bond acceptors (Lipinski definition) is 4. The number of hydrogen-bond donors (Lipinski definition) is 3. The molecule has 0 saturated carbocycles. The molecule has 98 valence electrons. The predicted molar refractivity (Wildman–Crippen MR) is 65.7 cm³/mol. The normalized spacial score (nSPS) is 10.4. The number of rotatable bonds is 4. The molecule has 2 rings (SSSR count). The van der Waals surface area contributed by atoms with Crippen molar-refractivity contribution in [3.05, 3.63) is 47.3 Å². The van der Waals surface area contributed by atoms with Crippen molar-refractivity contribution in [3.8, 4) is 11.4 Å². The van der Waals surface area contributed by atoms with Crippen LogP contribution in [0.2, 0.25) is 0 Å². The third-order valence-corrected chi connectivity index (χ3v) is 2.74. The number of carboxylic acids is 1. The monoisotopic (exact) mass is 261 g/mol. The largest absolute Gasteiger partial charge is 0.507 e. The second-order valence-electron chi connectivity index (χ2n) is 3.87. The summed E-state index contributed by atoms with van der Waals surface area (Å²) < 4.78 is 1.43. The predicted octanol–water partition coefficient (Wildman–Crippen LogP) is 1.19. The number of aromatic nitrogens is 1. The highest BCUT2D eigenvalue weighted by Crippen LogP contribution is 2.23. The summed E-state index contributed by atoms with van der Waals surface area (Å²) >= 11 is 0. The summed E-state index contributed by atoms with van der Waals surface area (Å²) in [4.78, 5) is 21.9. The molecule has 3 N–H and O–H groups in total. The third kappa shape index (κ3) is 2.21. The van der Waals surface area contributed by atoms with Gasteiger partial charge < -0.3 is 19.9 Å². The zero-order chi connectivity index (χ0) is 14.0. The maximum Gasteiger partial charge on any atom is 0.339 e. The molecule has 19 heavy (non-hydrogen) atoms. The molecule has 0 fully saturated rings. The SMILES string of the molecule is O=Cc1ccc(CO)n1-c1ccc(O)c(C(=O)O)c1. The molecule has 0 saturated heterocycles. The Morgan fingerprint density at radius 1 is 1.26 bits per heavy atom. The second-order valence-corrected chi connectivity index (χ2v) is 3.87. The molecule has 0 aliphatic heterocycles. The van der Waals surface area contributed by atoms with E-state index < -0.39 is 5.97 Å². The quantitative estimate of drug-likeness (QED) is 0.718. The van der Waals surface area contributed by atoms with Crippen molar-refractivity contribution in [2.45, 2.75) is 6.61 Å². The van der Waals surface area contributed by atoms with Crippen LogP contribution in [0.4, 0.5) is 0 Å². The molecule has 0 unspecified atom stereocenters. The molecule has 1 aromatic carbocycles. The average Bonchev–Trinajstić information content (AvgIpc) is 2.81. The number of carboxylic acid groups (broad SMARTS) is 1. The van der Waals surface area contributed by atoms with Gasteiger partial charge in [0.25, 0.3) is 0 Å². The van der Waals surface area contributed by atoms with E-state index in [9.17, 15) is 19.8 Å². The fourth-order valence-corrected chi connectivity index (χ4v) is 1.86. The summed E-state index contributed by atoms with van der Waals surface area (Å²) in [6.07, 6.45) is 0.604. The van der Waals surface area contributed by atoms with E-state index in [0.29, 0.717) is 17.7 Å². The highest BCUT2D eigenvalue weighted by Gasteiger charge is 2.14. The number of aliphatic hydroxyl groups is 1. The lowest BCUT2D eigenvalue weighted by Crippen LogP contribution is -2.06. The molecule has 0 atom stereocenters. The van der Waals surface area contributed by atoms with Crippen LogP contribution in [0, 0.1) is 0 Å². The number of aromatic carboxylic acids is 1. The molecule has 6 heteroatoms. The summed E-state index contributed by atoms with van der Waals surface area (Å²) in [5.74, 6) is -1.63. The Bertz CT molecular complexity index is 644. The first-order chi connectivity index (χ1) is 9.08.